The molecule has 0 N–H and O–H groups in total. The molecule has 0 radical (unpaired) electrons. The second kappa shape index (κ2) is 34.2. The Kier molecular flexibility index (Phi) is 32.6. The first-order valence-electron chi connectivity index (χ1n) is 19.7. The number of ether oxygens (including phenoxy) is 2. The third-order valence-corrected chi connectivity index (χ3v) is 8.81. The summed E-state index contributed by atoms with van der Waals surface area (Å²) in [5.74, 6) is -0.883. The van der Waals surface area contributed by atoms with E-state index in [1.165, 1.54) is 19.3 Å². The highest BCUT2D eigenvalue weighted by atomic mass is 31.2. The maximum atomic E-state index is 12.6. The average molecular weight is 750 g/mol. The number of nitrogens with zero attached hydrogens (tertiary/aromatic N) is 1. The lowest BCUT2D eigenvalue weighted by molar-refractivity contribution is -0.870. The summed E-state index contributed by atoms with van der Waals surface area (Å²) in [6.45, 7) is 3.89. The minimum atomic E-state index is -4.63. The lowest BCUT2D eigenvalue weighted by Gasteiger charge is -2.28. The number of phosphoric acid groups is 1. The van der Waals surface area contributed by atoms with Crippen LogP contribution in [0.5, 0.6) is 0 Å². The Hall–Kier alpha value is -2.55. The van der Waals surface area contributed by atoms with Gasteiger partial charge < -0.3 is 27.9 Å². The zero-order chi connectivity index (χ0) is 38.6. The Labute approximate surface area is 317 Å². The van der Waals surface area contributed by atoms with Crippen molar-refractivity contribution in [3.05, 3.63) is 72.9 Å². The van der Waals surface area contributed by atoms with Gasteiger partial charge in [0.25, 0.3) is 7.82 Å². The van der Waals surface area contributed by atoms with Crippen molar-refractivity contribution < 1.29 is 42.1 Å². The van der Waals surface area contributed by atoms with Crippen LogP contribution in [0.3, 0.4) is 0 Å². The summed E-state index contributed by atoms with van der Waals surface area (Å²) in [6, 6.07) is 0. The summed E-state index contributed by atoms with van der Waals surface area (Å²) in [5, 5.41) is 0. The van der Waals surface area contributed by atoms with Crippen molar-refractivity contribution in [2.75, 3.05) is 47.5 Å². The van der Waals surface area contributed by atoms with Crippen LogP contribution in [-0.4, -0.2) is 70.0 Å². The molecule has 2 atom stereocenters. The number of unbranched alkanes of at least 4 members (excludes halogenated alkanes) is 12. The molecule has 0 aliphatic heterocycles. The number of hydrogen-bond acceptors (Lipinski definition) is 8. The summed E-state index contributed by atoms with van der Waals surface area (Å²) >= 11 is 0. The van der Waals surface area contributed by atoms with Crippen molar-refractivity contribution in [2.45, 2.75) is 136 Å². The minimum absolute atomic E-state index is 0.0414. The summed E-state index contributed by atoms with van der Waals surface area (Å²) in [5.41, 5.74) is 0. The number of hydrogen-bond donors (Lipinski definition) is 0. The van der Waals surface area contributed by atoms with Crippen LogP contribution in [0.2, 0.25) is 0 Å². The van der Waals surface area contributed by atoms with Gasteiger partial charge >= 0.3 is 11.9 Å². The molecular weight excluding hydrogens is 677 g/mol. The molecule has 0 rings (SSSR count). The standard InChI is InChI=1S/C42H72NO8P/c1-6-8-10-12-14-16-18-20-21-23-24-26-28-30-32-34-41(44)48-38-40(39-50-52(46,47)49-37-36-43(3,4)5)51-42(45)35-33-31-29-27-25-22-19-17-15-13-11-9-7-2/h8-19,40H,6-7,20-39H2,1-5H3/b10-8+,11-9+,14-12+,15-13+,18-16+,19-17+. The van der Waals surface area contributed by atoms with Crippen LogP contribution in [0.1, 0.15) is 129 Å². The van der Waals surface area contributed by atoms with E-state index in [1.807, 2.05) is 39.4 Å². The molecule has 10 heteroatoms. The first kappa shape index (κ1) is 49.5. The number of phosphoric ester groups is 1. The second-order valence-corrected chi connectivity index (χ2v) is 15.4. The van der Waals surface area contributed by atoms with Gasteiger partial charge in [-0.25, -0.2) is 0 Å². The lowest BCUT2D eigenvalue weighted by atomic mass is 10.1. The van der Waals surface area contributed by atoms with Gasteiger partial charge in [-0.2, -0.15) is 0 Å². The summed E-state index contributed by atoms with van der Waals surface area (Å²) in [7, 11) is 1.13. The number of carbonyl (C=O) groups is 2. The minimum Gasteiger partial charge on any atom is -0.756 e. The Balaban J connectivity index is 4.48. The highest BCUT2D eigenvalue weighted by Gasteiger charge is 2.21. The molecule has 0 heterocycles. The fraction of sp³-hybridized carbons (Fsp3) is 0.667. The fourth-order valence-corrected chi connectivity index (χ4v) is 5.50. The Morgan fingerprint density at radius 1 is 0.596 bits per heavy atom. The third-order valence-electron chi connectivity index (χ3n) is 7.84. The van der Waals surface area contributed by atoms with Crippen molar-refractivity contribution >= 4 is 19.8 Å². The third kappa shape index (κ3) is 37.2. The molecule has 52 heavy (non-hydrogen) atoms. The molecule has 0 aliphatic carbocycles. The molecular formula is C42H72NO8P. The molecule has 0 amide bonds. The SMILES string of the molecule is CC/C=C/C=C/C=C/CCCCCCCCCC(=O)OCC(COP(=O)([O-])OCC[N+](C)(C)C)OC(=O)CCCCCCC/C=C/C=C/C=C/CC. The van der Waals surface area contributed by atoms with Gasteiger partial charge in [0.15, 0.2) is 6.10 Å². The molecule has 0 aromatic carbocycles. The quantitative estimate of drug-likeness (QED) is 0.0210. The van der Waals surface area contributed by atoms with Crippen LogP contribution in [0, 0.1) is 0 Å². The Bertz CT molecular complexity index is 1120. The molecule has 2 unspecified atom stereocenters. The number of rotatable bonds is 34. The molecule has 298 valence electrons. The second-order valence-electron chi connectivity index (χ2n) is 14.0. The van der Waals surface area contributed by atoms with Crippen molar-refractivity contribution in [1.82, 2.24) is 0 Å². The van der Waals surface area contributed by atoms with E-state index in [4.69, 9.17) is 18.5 Å². The zero-order valence-corrected chi connectivity index (χ0v) is 34.1. The van der Waals surface area contributed by atoms with Crippen LogP contribution < -0.4 is 4.89 Å². The number of carbonyl (C=O) groups excluding carboxylic acids is 2. The van der Waals surface area contributed by atoms with Crippen molar-refractivity contribution in [3.8, 4) is 0 Å². The average Bonchev–Trinajstić information content (AvgIpc) is 3.09. The predicted octanol–water partition coefficient (Wildman–Crippen LogP) is 10.0. The highest BCUT2D eigenvalue weighted by molar-refractivity contribution is 7.45. The van der Waals surface area contributed by atoms with Crippen molar-refractivity contribution in [3.63, 3.8) is 0 Å². The van der Waals surface area contributed by atoms with E-state index in [2.05, 4.69) is 68.5 Å². The molecule has 0 saturated carbocycles. The Morgan fingerprint density at radius 3 is 1.52 bits per heavy atom. The lowest BCUT2D eigenvalue weighted by Crippen LogP contribution is -2.37. The largest absolute Gasteiger partial charge is 0.756 e. The van der Waals surface area contributed by atoms with Crippen LogP contribution in [0.15, 0.2) is 72.9 Å². The smallest absolute Gasteiger partial charge is 0.306 e. The molecule has 0 fully saturated rings. The van der Waals surface area contributed by atoms with Crippen LogP contribution >= 0.6 is 7.82 Å². The van der Waals surface area contributed by atoms with Gasteiger partial charge in [-0.05, 0) is 51.4 Å². The monoisotopic (exact) mass is 749 g/mol. The topological polar surface area (TPSA) is 111 Å². The Morgan fingerprint density at radius 2 is 1.04 bits per heavy atom. The van der Waals surface area contributed by atoms with Gasteiger partial charge in [0, 0.05) is 12.8 Å². The summed E-state index contributed by atoms with van der Waals surface area (Å²) in [6.07, 6.45) is 40.7. The number of allylic oxidation sites excluding steroid dienone is 12. The van der Waals surface area contributed by atoms with E-state index in [9.17, 15) is 19.0 Å². The van der Waals surface area contributed by atoms with Crippen LogP contribution in [-0.2, 0) is 32.7 Å². The molecule has 0 saturated heterocycles. The predicted molar refractivity (Wildman–Crippen MR) is 213 cm³/mol. The molecule has 9 nitrogen and oxygen atoms in total. The van der Waals surface area contributed by atoms with E-state index >= 15 is 0 Å². The number of quaternary nitrogens is 1. The van der Waals surface area contributed by atoms with Gasteiger partial charge in [0.1, 0.15) is 19.8 Å². The van der Waals surface area contributed by atoms with E-state index in [0.717, 1.165) is 70.6 Å². The highest BCUT2D eigenvalue weighted by Crippen LogP contribution is 2.38. The molecule has 0 bridgehead atoms. The number of esters is 2. The van der Waals surface area contributed by atoms with Crippen LogP contribution in [0.25, 0.3) is 0 Å². The van der Waals surface area contributed by atoms with E-state index < -0.39 is 32.5 Å². The maximum absolute atomic E-state index is 12.6. The normalized spacial score (nSPS) is 14.5. The van der Waals surface area contributed by atoms with E-state index in [-0.39, 0.29) is 26.1 Å². The number of likely N-dealkylation sites (N-methyl/N-ethyl adjacent to an activating group) is 1. The van der Waals surface area contributed by atoms with Gasteiger partial charge in [-0.3, -0.25) is 14.2 Å². The maximum Gasteiger partial charge on any atom is 0.306 e. The molecule has 0 aromatic rings. The van der Waals surface area contributed by atoms with Gasteiger partial charge in [-0.15, -0.1) is 0 Å². The summed E-state index contributed by atoms with van der Waals surface area (Å²) in [4.78, 5) is 37.4. The molecule has 0 aromatic heterocycles. The first-order chi connectivity index (χ1) is 25.0. The van der Waals surface area contributed by atoms with Crippen molar-refractivity contribution in [1.29, 1.82) is 0 Å². The fourth-order valence-electron chi connectivity index (χ4n) is 4.77. The molecule has 0 aliphatic rings. The van der Waals surface area contributed by atoms with Gasteiger partial charge in [0.2, 0.25) is 0 Å². The van der Waals surface area contributed by atoms with E-state index in [0.29, 0.717) is 23.9 Å². The van der Waals surface area contributed by atoms with Gasteiger partial charge in [-0.1, -0.05) is 138 Å². The van der Waals surface area contributed by atoms with Crippen LogP contribution in [0.4, 0.5) is 0 Å². The first-order valence-corrected chi connectivity index (χ1v) is 21.2. The zero-order valence-electron chi connectivity index (χ0n) is 33.2. The molecule has 0 spiro atoms. The van der Waals surface area contributed by atoms with Crippen molar-refractivity contribution in [2.24, 2.45) is 0 Å². The summed E-state index contributed by atoms with van der Waals surface area (Å²) < 4.78 is 33.7. The van der Waals surface area contributed by atoms with Gasteiger partial charge in [0.05, 0.1) is 27.7 Å². The van der Waals surface area contributed by atoms with E-state index in [1.54, 1.807) is 0 Å².